The monoisotopic (exact) mass is 511 g/mol. The van der Waals surface area contributed by atoms with Crippen molar-refractivity contribution in [2.45, 2.75) is 33.4 Å². The van der Waals surface area contributed by atoms with Gasteiger partial charge < -0.3 is 19.3 Å². The summed E-state index contributed by atoms with van der Waals surface area (Å²) in [6.45, 7) is 6.89. The van der Waals surface area contributed by atoms with Crippen LogP contribution in [0.25, 0.3) is 0 Å². The zero-order valence-electron chi connectivity index (χ0n) is 20.5. The summed E-state index contributed by atoms with van der Waals surface area (Å²) in [7, 11) is 0. The third kappa shape index (κ3) is 5.81. The Bertz CT molecular complexity index is 1230. The molecule has 0 saturated carbocycles. The van der Waals surface area contributed by atoms with E-state index in [1.165, 1.54) is 30.4 Å². The molecule has 0 spiro atoms. The number of thiazole rings is 1. The Hall–Kier alpha value is -3.53. The fraction of sp³-hybridized carbons (Fsp3) is 0.385. The summed E-state index contributed by atoms with van der Waals surface area (Å²) in [5.74, 6) is -0.969. The molecule has 0 atom stereocenters. The van der Waals surface area contributed by atoms with Crippen molar-refractivity contribution >= 4 is 29.1 Å². The van der Waals surface area contributed by atoms with Crippen LogP contribution in [0.5, 0.6) is 0 Å². The maximum absolute atomic E-state index is 14.2. The van der Waals surface area contributed by atoms with Crippen LogP contribution in [0.3, 0.4) is 0 Å². The lowest BCUT2D eigenvalue weighted by molar-refractivity contribution is -0.130. The quantitative estimate of drug-likeness (QED) is 0.464. The topological polar surface area (TPSA) is 78.8 Å². The molecule has 190 valence electrons. The lowest BCUT2D eigenvalue weighted by Gasteiger charge is -2.33. The second-order valence-corrected chi connectivity index (χ2v) is 9.70. The van der Waals surface area contributed by atoms with E-state index in [0.717, 1.165) is 17.1 Å². The highest BCUT2D eigenvalue weighted by molar-refractivity contribution is 7.09. The number of nitrogens with zero attached hydrogens (tertiary/aromatic N) is 5. The van der Waals surface area contributed by atoms with Gasteiger partial charge in [0.25, 0.3) is 11.8 Å². The third-order valence-electron chi connectivity index (χ3n) is 6.25. The second kappa shape index (κ2) is 11.5. The zero-order valence-corrected chi connectivity index (χ0v) is 21.3. The van der Waals surface area contributed by atoms with Gasteiger partial charge in [-0.1, -0.05) is 19.1 Å². The summed E-state index contributed by atoms with van der Waals surface area (Å²) in [4.78, 5) is 47.2. The molecule has 1 aliphatic rings. The van der Waals surface area contributed by atoms with Crippen LogP contribution in [-0.4, -0.2) is 74.7 Å². The Balaban J connectivity index is 1.42. The number of carbonyl (C=O) groups excluding carboxylic acids is 3. The van der Waals surface area contributed by atoms with Crippen molar-refractivity contribution in [2.24, 2.45) is 0 Å². The summed E-state index contributed by atoms with van der Waals surface area (Å²) >= 11 is 1.41. The highest BCUT2D eigenvalue weighted by Crippen LogP contribution is 2.18. The van der Waals surface area contributed by atoms with Gasteiger partial charge in [-0.25, -0.2) is 9.37 Å². The summed E-state index contributed by atoms with van der Waals surface area (Å²) in [6, 6.07) is 9.87. The molecule has 8 nitrogen and oxygen atoms in total. The van der Waals surface area contributed by atoms with Crippen molar-refractivity contribution < 1.29 is 18.8 Å². The molecule has 4 rings (SSSR count). The molecular weight excluding hydrogens is 481 g/mol. The average molecular weight is 512 g/mol. The first-order valence-corrected chi connectivity index (χ1v) is 12.9. The van der Waals surface area contributed by atoms with Gasteiger partial charge in [-0.05, 0) is 30.7 Å². The van der Waals surface area contributed by atoms with Crippen molar-refractivity contribution in [1.82, 2.24) is 24.3 Å². The van der Waals surface area contributed by atoms with E-state index in [4.69, 9.17) is 0 Å². The Morgan fingerprint density at radius 2 is 1.78 bits per heavy atom. The summed E-state index contributed by atoms with van der Waals surface area (Å²) in [5.41, 5.74) is 1.37. The van der Waals surface area contributed by atoms with Gasteiger partial charge in [0.05, 0.1) is 18.7 Å². The van der Waals surface area contributed by atoms with E-state index in [-0.39, 0.29) is 23.3 Å². The first-order valence-electron chi connectivity index (χ1n) is 12.0. The van der Waals surface area contributed by atoms with Crippen molar-refractivity contribution in [1.29, 1.82) is 0 Å². The largest absolute Gasteiger partial charge is 0.343 e. The lowest BCUT2D eigenvalue weighted by atomic mass is 10.1. The molecule has 10 heteroatoms. The number of carbonyl (C=O) groups is 3. The van der Waals surface area contributed by atoms with Gasteiger partial charge in [0.2, 0.25) is 5.91 Å². The van der Waals surface area contributed by atoms with Crippen LogP contribution in [0, 0.1) is 5.82 Å². The van der Waals surface area contributed by atoms with Crippen molar-refractivity contribution in [2.75, 3.05) is 32.7 Å². The minimum atomic E-state index is -0.526. The average Bonchev–Trinajstić information content (AvgIpc) is 3.53. The summed E-state index contributed by atoms with van der Waals surface area (Å²) in [5, 5.41) is 2.55. The van der Waals surface area contributed by atoms with E-state index in [1.807, 2.05) is 29.8 Å². The molecule has 0 N–H and O–H groups in total. The molecule has 0 aliphatic carbocycles. The van der Waals surface area contributed by atoms with E-state index >= 15 is 0 Å². The molecule has 2 aromatic heterocycles. The zero-order chi connectivity index (χ0) is 25.7. The van der Waals surface area contributed by atoms with Gasteiger partial charge in [-0.3, -0.25) is 14.4 Å². The summed E-state index contributed by atoms with van der Waals surface area (Å²) in [6.07, 6.45) is 2.66. The lowest BCUT2D eigenvalue weighted by Crippen LogP contribution is -2.50. The van der Waals surface area contributed by atoms with Crippen LogP contribution >= 0.6 is 11.3 Å². The van der Waals surface area contributed by atoms with Crippen molar-refractivity contribution in [3.05, 3.63) is 75.8 Å². The molecular formula is C26H30FN5O3S. The molecule has 1 aromatic carbocycles. The molecule has 0 radical (unpaired) electrons. The van der Waals surface area contributed by atoms with Crippen molar-refractivity contribution in [3.8, 4) is 0 Å². The Labute approximate surface area is 213 Å². The van der Waals surface area contributed by atoms with Gasteiger partial charge in [-0.2, -0.15) is 0 Å². The molecule has 3 amide bonds. The molecule has 36 heavy (non-hydrogen) atoms. The fourth-order valence-corrected chi connectivity index (χ4v) is 5.05. The fourth-order valence-electron chi connectivity index (χ4n) is 4.28. The molecule has 1 aliphatic heterocycles. The maximum Gasteiger partial charge on any atom is 0.273 e. The standard InChI is InChI=1S/C26H30FN5O3S/c1-3-10-32(25(34)21-8-4-5-9-22(21)27)16-20-7-6-11-31(20)17-24-28-23(18-36-24)26(35)30-14-12-29(13-15-30)19(2)33/h4-9,11,18H,3,10,12-17H2,1-2H3. The number of hydrogen-bond donors (Lipinski definition) is 0. The Morgan fingerprint density at radius 1 is 1.06 bits per heavy atom. The van der Waals surface area contributed by atoms with Gasteiger partial charge in [0.1, 0.15) is 16.5 Å². The number of amides is 3. The molecule has 1 fully saturated rings. The maximum atomic E-state index is 14.2. The van der Waals surface area contributed by atoms with Crippen LogP contribution in [0.4, 0.5) is 4.39 Å². The van der Waals surface area contributed by atoms with Gasteiger partial charge in [-0.15, -0.1) is 11.3 Å². The number of halogens is 1. The smallest absolute Gasteiger partial charge is 0.273 e. The number of hydrogen-bond acceptors (Lipinski definition) is 5. The van der Waals surface area contributed by atoms with Gasteiger partial charge >= 0.3 is 0 Å². The number of benzene rings is 1. The van der Waals surface area contributed by atoms with Crippen molar-refractivity contribution in [3.63, 3.8) is 0 Å². The highest BCUT2D eigenvalue weighted by atomic mass is 32.1. The van der Waals surface area contributed by atoms with E-state index in [9.17, 15) is 18.8 Å². The number of aromatic nitrogens is 2. The van der Waals surface area contributed by atoms with Crippen LogP contribution in [0.2, 0.25) is 0 Å². The third-order valence-corrected chi connectivity index (χ3v) is 7.08. The molecule has 0 bridgehead atoms. The minimum Gasteiger partial charge on any atom is -0.343 e. The van der Waals surface area contributed by atoms with Crippen LogP contribution in [0.15, 0.2) is 48.0 Å². The van der Waals surface area contributed by atoms with E-state index in [2.05, 4.69) is 4.98 Å². The molecule has 3 aromatic rings. The van der Waals surface area contributed by atoms with E-state index in [0.29, 0.717) is 51.5 Å². The predicted molar refractivity (Wildman–Crippen MR) is 135 cm³/mol. The van der Waals surface area contributed by atoms with Crippen LogP contribution in [-0.2, 0) is 17.9 Å². The number of piperazine rings is 1. The van der Waals surface area contributed by atoms with Crippen LogP contribution in [0.1, 0.15) is 51.8 Å². The first kappa shape index (κ1) is 25.6. The highest BCUT2D eigenvalue weighted by Gasteiger charge is 2.25. The molecule has 0 unspecified atom stereocenters. The molecule has 1 saturated heterocycles. The Kier molecular flexibility index (Phi) is 8.14. The molecule has 3 heterocycles. The minimum absolute atomic E-state index is 0.0219. The summed E-state index contributed by atoms with van der Waals surface area (Å²) < 4.78 is 16.2. The normalized spacial score (nSPS) is 13.6. The SMILES string of the molecule is CCCN(Cc1cccn1Cc1nc(C(=O)N2CCN(C(C)=O)CC2)cs1)C(=O)c1ccccc1F. The van der Waals surface area contributed by atoms with Gasteiger partial charge in [0.15, 0.2) is 0 Å². The Morgan fingerprint density at radius 3 is 2.47 bits per heavy atom. The van der Waals surface area contributed by atoms with Gasteiger partial charge in [0, 0.05) is 56.9 Å². The van der Waals surface area contributed by atoms with E-state index < -0.39 is 5.82 Å². The first-order chi connectivity index (χ1) is 17.4. The second-order valence-electron chi connectivity index (χ2n) is 8.76. The number of rotatable bonds is 8. The predicted octanol–water partition coefficient (Wildman–Crippen LogP) is 3.49. The van der Waals surface area contributed by atoms with Crippen LogP contribution < -0.4 is 0 Å². The van der Waals surface area contributed by atoms with E-state index in [1.54, 1.807) is 32.2 Å².